The summed E-state index contributed by atoms with van der Waals surface area (Å²) in [5, 5.41) is 34.1. The van der Waals surface area contributed by atoms with Crippen molar-refractivity contribution in [3.8, 4) is 0 Å². The minimum atomic E-state index is -1.93. The Morgan fingerprint density at radius 3 is 2.27 bits per heavy atom. The van der Waals surface area contributed by atoms with Gasteiger partial charge in [0.15, 0.2) is 5.78 Å². The van der Waals surface area contributed by atoms with Gasteiger partial charge in [-0.15, -0.1) is 0 Å². The van der Waals surface area contributed by atoms with Gasteiger partial charge in [0.25, 0.3) is 0 Å². The van der Waals surface area contributed by atoms with Crippen LogP contribution in [0, 0.1) is 29.1 Å². The summed E-state index contributed by atoms with van der Waals surface area (Å²) in [5.41, 5.74) is -4.52. The molecule has 0 unspecified atom stereocenters. The smallest absolute Gasteiger partial charge is 0.306 e. The molecule has 0 radical (unpaired) electrons. The fourth-order valence-electron chi connectivity index (χ4n) is 8.58. The topological polar surface area (TPSA) is 130 Å². The van der Waals surface area contributed by atoms with E-state index in [9.17, 15) is 29.7 Å². The summed E-state index contributed by atoms with van der Waals surface area (Å²) in [5.74, 6) is -4.25. The number of rotatable bonds is 11. The standard InChI is InChI=1S/C32H48O8/c1-7-8-9-10-11-12-13-14-25(35)40-32-26(29(32,5)6)23-16-22(18-33)17-30(38)24(15-19(2)27(30)36)31(23,39-21(4)34)20(3)28(32)37/h15-16,20,23-24,26,28,33,37-38H,7-14,17-18H2,1-6H3/t20-,23+,24-,26-,28-,30-,31-,32-/m1/s1. The average molecular weight is 561 g/mol. The third kappa shape index (κ3) is 4.49. The summed E-state index contributed by atoms with van der Waals surface area (Å²) < 4.78 is 12.4. The van der Waals surface area contributed by atoms with Crippen molar-refractivity contribution >= 4 is 17.7 Å². The number of ketones is 1. The Kier molecular flexibility index (Phi) is 8.50. The van der Waals surface area contributed by atoms with E-state index < -0.39 is 63.7 Å². The molecule has 0 aliphatic heterocycles. The van der Waals surface area contributed by atoms with E-state index in [1.165, 1.54) is 26.2 Å². The molecule has 4 rings (SSSR count). The molecule has 2 fully saturated rings. The van der Waals surface area contributed by atoms with Crippen molar-refractivity contribution in [1.29, 1.82) is 0 Å². The zero-order chi connectivity index (χ0) is 29.7. The van der Waals surface area contributed by atoms with Crippen LogP contribution in [0.2, 0.25) is 0 Å². The van der Waals surface area contributed by atoms with Gasteiger partial charge in [0, 0.05) is 42.9 Å². The predicted octanol–water partition coefficient (Wildman–Crippen LogP) is 4.19. The Bertz CT molecular complexity index is 1090. The molecular formula is C32H48O8. The maximum Gasteiger partial charge on any atom is 0.306 e. The van der Waals surface area contributed by atoms with Gasteiger partial charge in [0.1, 0.15) is 22.9 Å². The first-order valence-electron chi connectivity index (χ1n) is 15.1. The number of fused-ring (bicyclic) bond motifs is 5. The molecule has 3 N–H and O–H groups in total. The maximum atomic E-state index is 13.3. The summed E-state index contributed by atoms with van der Waals surface area (Å²) in [4.78, 5) is 39.1. The molecule has 0 spiro atoms. The second-order valence-corrected chi connectivity index (χ2v) is 13.3. The lowest BCUT2D eigenvalue weighted by molar-refractivity contribution is -0.234. The molecule has 4 aliphatic rings. The molecule has 4 aliphatic carbocycles. The van der Waals surface area contributed by atoms with Crippen LogP contribution in [0.4, 0.5) is 0 Å². The van der Waals surface area contributed by atoms with E-state index in [0.29, 0.717) is 17.6 Å². The van der Waals surface area contributed by atoms with Crippen LogP contribution >= 0.6 is 0 Å². The number of hydrogen-bond donors (Lipinski definition) is 3. The van der Waals surface area contributed by atoms with Crippen molar-refractivity contribution in [1.82, 2.24) is 0 Å². The van der Waals surface area contributed by atoms with Gasteiger partial charge < -0.3 is 24.8 Å². The van der Waals surface area contributed by atoms with Gasteiger partial charge in [-0.1, -0.05) is 78.4 Å². The molecule has 0 aromatic heterocycles. The fourth-order valence-corrected chi connectivity index (χ4v) is 8.58. The third-order valence-electron chi connectivity index (χ3n) is 10.5. The molecule has 8 heteroatoms. The van der Waals surface area contributed by atoms with Gasteiger partial charge >= 0.3 is 11.9 Å². The SMILES string of the molecule is CCCCCCCCCC(=O)O[C@@]12[C@H](O)[C@@H](C)[C@@]3(OC(C)=O)[C@@H](C=C(CO)C[C@]4(O)C(=O)C(C)=C[C@@H]34)[C@@H]1C2(C)C. The van der Waals surface area contributed by atoms with Crippen LogP contribution in [-0.4, -0.2) is 62.6 Å². The number of aliphatic hydroxyl groups excluding tert-OH is 2. The van der Waals surface area contributed by atoms with Crippen LogP contribution in [0.15, 0.2) is 23.3 Å². The lowest BCUT2D eigenvalue weighted by Gasteiger charge is -2.54. The lowest BCUT2D eigenvalue weighted by atomic mass is 9.58. The molecule has 40 heavy (non-hydrogen) atoms. The average Bonchev–Trinajstić information content (AvgIpc) is 3.32. The van der Waals surface area contributed by atoms with E-state index in [-0.39, 0.29) is 25.4 Å². The first kappa shape index (κ1) is 30.9. The molecule has 0 aromatic carbocycles. The van der Waals surface area contributed by atoms with E-state index in [1.807, 2.05) is 13.8 Å². The Balaban J connectivity index is 1.68. The molecule has 2 saturated carbocycles. The Hall–Kier alpha value is -2.03. The highest BCUT2D eigenvalue weighted by molar-refractivity contribution is 6.05. The first-order valence-corrected chi connectivity index (χ1v) is 15.1. The summed E-state index contributed by atoms with van der Waals surface area (Å²) in [6.45, 7) is 10.3. The van der Waals surface area contributed by atoms with Gasteiger partial charge in [0.05, 0.1) is 12.5 Å². The minimum Gasteiger partial charge on any atom is -0.457 e. The lowest BCUT2D eigenvalue weighted by Crippen LogP contribution is -2.67. The highest BCUT2D eigenvalue weighted by Crippen LogP contribution is 2.77. The maximum absolute atomic E-state index is 13.3. The Labute approximate surface area is 238 Å². The van der Waals surface area contributed by atoms with Crippen molar-refractivity contribution in [2.75, 3.05) is 6.61 Å². The van der Waals surface area contributed by atoms with E-state index in [0.717, 1.165) is 19.3 Å². The van der Waals surface area contributed by atoms with Crippen LogP contribution < -0.4 is 0 Å². The number of carbonyl (C=O) groups excluding carboxylic acids is 3. The summed E-state index contributed by atoms with van der Waals surface area (Å²) in [6.07, 6.45) is 9.90. The number of carbonyl (C=O) groups is 3. The fraction of sp³-hybridized carbons (Fsp3) is 0.781. The van der Waals surface area contributed by atoms with Crippen molar-refractivity contribution in [3.05, 3.63) is 23.3 Å². The number of hydrogen-bond acceptors (Lipinski definition) is 8. The van der Waals surface area contributed by atoms with Crippen LogP contribution in [0.1, 0.15) is 99.3 Å². The van der Waals surface area contributed by atoms with Gasteiger partial charge in [-0.25, -0.2) is 0 Å². The number of aliphatic hydroxyl groups is 3. The summed E-state index contributed by atoms with van der Waals surface area (Å²) in [6, 6.07) is 0. The molecular weight excluding hydrogens is 512 g/mol. The highest BCUT2D eigenvalue weighted by atomic mass is 16.6. The molecule has 0 saturated heterocycles. The quantitative estimate of drug-likeness (QED) is 0.195. The number of ether oxygens (including phenoxy) is 2. The number of Topliss-reactive ketones (excluding diaryl/α,β-unsaturated/α-hetero) is 1. The van der Waals surface area contributed by atoms with E-state index >= 15 is 0 Å². The van der Waals surface area contributed by atoms with Crippen LogP contribution in [0.5, 0.6) is 0 Å². The zero-order valence-electron chi connectivity index (χ0n) is 25.0. The van der Waals surface area contributed by atoms with Crippen molar-refractivity contribution in [2.45, 2.75) is 122 Å². The largest absolute Gasteiger partial charge is 0.457 e. The first-order chi connectivity index (χ1) is 18.7. The van der Waals surface area contributed by atoms with E-state index in [4.69, 9.17) is 9.47 Å². The van der Waals surface area contributed by atoms with Crippen LogP contribution in [0.25, 0.3) is 0 Å². The second kappa shape index (κ2) is 11.0. The normalized spacial score (nSPS) is 39.2. The molecule has 8 atom stereocenters. The highest BCUT2D eigenvalue weighted by Gasteiger charge is 2.87. The number of esters is 2. The monoisotopic (exact) mass is 560 g/mol. The predicted molar refractivity (Wildman–Crippen MR) is 149 cm³/mol. The van der Waals surface area contributed by atoms with E-state index in [2.05, 4.69) is 6.92 Å². The van der Waals surface area contributed by atoms with Gasteiger partial charge in [0.2, 0.25) is 0 Å². The molecule has 0 bridgehead atoms. The number of unbranched alkanes of at least 4 members (excludes halogenated alkanes) is 6. The minimum absolute atomic E-state index is 0.110. The third-order valence-corrected chi connectivity index (χ3v) is 10.5. The molecule has 0 aromatic rings. The van der Waals surface area contributed by atoms with Gasteiger partial charge in [-0.3, -0.25) is 14.4 Å². The van der Waals surface area contributed by atoms with Crippen LogP contribution in [0.3, 0.4) is 0 Å². The summed E-state index contributed by atoms with van der Waals surface area (Å²) in [7, 11) is 0. The van der Waals surface area contributed by atoms with Crippen molar-refractivity contribution < 1.29 is 39.2 Å². The summed E-state index contributed by atoms with van der Waals surface area (Å²) >= 11 is 0. The van der Waals surface area contributed by atoms with Gasteiger partial charge in [-0.2, -0.15) is 0 Å². The second-order valence-electron chi connectivity index (χ2n) is 13.3. The van der Waals surface area contributed by atoms with Crippen molar-refractivity contribution in [2.24, 2.45) is 29.1 Å². The van der Waals surface area contributed by atoms with E-state index in [1.54, 1.807) is 26.0 Å². The molecule has 0 amide bonds. The zero-order valence-corrected chi connectivity index (χ0v) is 25.0. The van der Waals surface area contributed by atoms with Crippen LogP contribution in [-0.2, 0) is 23.9 Å². The molecule has 0 heterocycles. The Morgan fingerprint density at radius 2 is 1.68 bits per heavy atom. The molecule has 224 valence electrons. The van der Waals surface area contributed by atoms with Gasteiger partial charge in [-0.05, 0) is 24.5 Å². The molecule has 8 nitrogen and oxygen atoms in total. The van der Waals surface area contributed by atoms with Crippen molar-refractivity contribution in [3.63, 3.8) is 0 Å². The Morgan fingerprint density at radius 1 is 1.05 bits per heavy atom.